The second kappa shape index (κ2) is 10.8. The molecular weight excluding hydrogens is 457 g/mol. The van der Waals surface area contributed by atoms with Crippen molar-refractivity contribution in [3.8, 4) is 5.75 Å². The monoisotopic (exact) mass is 487 g/mol. The summed E-state index contributed by atoms with van der Waals surface area (Å²) in [6.07, 6.45) is 1.04. The summed E-state index contributed by atoms with van der Waals surface area (Å²) in [4.78, 5) is 8.01. The third kappa shape index (κ3) is 6.46. The number of halogens is 1. The highest BCUT2D eigenvalue weighted by Gasteiger charge is 2.22. The van der Waals surface area contributed by atoms with Gasteiger partial charge in [-0.1, -0.05) is 32.0 Å². The lowest BCUT2D eigenvalue weighted by Crippen LogP contribution is -2.44. The normalized spacial score (nSPS) is 11.7. The summed E-state index contributed by atoms with van der Waals surface area (Å²) in [7, 11) is 5.62. The molecule has 0 saturated heterocycles. The SMILES string of the molecule is CN=C(NCC(C)(C)c1cccc(OC)c1)N(C)CCc1cccs1.I. The molecule has 0 aliphatic carbocycles. The number of hydrogen-bond acceptors (Lipinski definition) is 3. The number of thiophene rings is 1. The summed E-state index contributed by atoms with van der Waals surface area (Å²) in [5, 5.41) is 5.64. The maximum atomic E-state index is 5.35. The van der Waals surface area contributed by atoms with Crippen LogP contribution in [-0.2, 0) is 11.8 Å². The van der Waals surface area contributed by atoms with E-state index in [0.29, 0.717) is 0 Å². The van der Waals surface area contributed by atoms with Crippen LogP contribution < -0.4 is 10.1 Å². The molecule has 0 amide bonds. The Balaban J connectivity index is 0.00000338. The quantitative estimate of drug-likeness (QED) is 0.357. The van der Waals surface area contributed by atoms with Gasteiger partial charge in [0.2, 0.25) is 0 Å². The molecule has 0 saturated carbocycles. The molecule has 0 bridgehead atoms. The number of ether oxygens (including phenoxy) is 1. The zero-order valence-corrected chi connectivity index (χ0v) is 19.4. The van der Waals surface area contributed by atoms with Crippen molar-refractivity contribution >= 4 is 41.3 Å². The van der Waals surface area contributed by atoms with Gasteiger partial charge in [-0.15, -0.1) is 35.3 Å². The van der Waals surface area contributed by atoms with Gasteiger partial charge in [-0.2, -0.15) is 0 Å². The topological polar surface area (TPSA) is 36.9 Å². The van der Waals surface area contributed by atoms with Crippen LogP contribution in [0.4, 0.5) is 0 Å². The molecule has 6 heteroatoms. The number of hydrogen-bond donors (Lipinski definition) is 1. The Morgan fingerprint density at radius 2 is 2.04 bits per heavy atom. The highest BCUT2D eigenvalue weighted by Crippen LogP contribution is 2.25. The first-order chi connectivity index (χ1) is 12.0. The Morgan fingerprint density at radius 3 is 2.65 bits per heavy atom. The lowest BCUT2D eigenvalue weighted by Gasteiger charge is -2.29. The number of methoxy groups -OCH3 is 1. The van der Waals surface area contributed by atoms with Crippen molar-refractivity contribution in [3.63, 3.8) is 0 Å². The van der Waals surface area contributed by atoms with Crippen LogP contribution in [0.1, 0.15) is 24.3 Å². The van der Waals surface area contributed by atoms with Gasteiger partial charge in [0.1, 0.15) is 5.75 Å². The van der Waals surface area contributed by atoms with E-state index in [-0.39, 0.29) is 29.4 Å². The molecule has 2 aromatic rings. The predicted octanol–water partition coefficient (Wildman–Crippen LogP) is 4.40. The van der Waals surface area contributed by atoms with Gasteiger partial charge >= 0.3 is 0 Å². The standard InChI is InChI=1S/C20H29N3OS.HI/c1-20(2,16-8-6-9-17(14-16)24-5)15-22-19(21-3)23(4)12-11-18-10-7-13-25-18;/h6-10,13-14H,11-12,15H2,1-5H3,(H,21,22);1H. The minimum absolute atomic E-state index is 0. The predicted molar refractivity (Wildman–Crippen MR) is 123 cm³/mol. The number of aliphatic imine (C=N–C) groups is 1. The van der Waals surface area contributed by atoms with E-state index >= 15 is 0 Å². The van der Waals surface area contributed by atoms with Crippen LogP contribution in [0, 0.1) is 0 Å². The maximum absolute atomic E-state index is 5.35. The van der Waals surface area contributed by atoms with E-state index in [0.717, 1.165) is 31.2 Å². The van der Waals surface area contributed by atoms with Crippen molar-refractivity contribution in [2.75, 3.05) is 34.3 Å². The van der Waals surface area contributed by atoms with Gasteiger partial charge in [0.15, 0.2) is 5.96 Å². The third-order valence-corrected chi connectivity index (χ3v) is 5.32. The zero-order chi connectivity index (χ0) is 18.3. The largest absolute Gasteiger partial charge is 0.497 e. The molecule has 0 aliphatic rings. The number of nitrogens with zero attached hydrogens (tertiary/aromatic N) is 2. The van der Waals surface area contributed by atoms with Crippen LogP contribution >= 0.6 is 35.3 Å². The van der Waals surface area contributed by atoms with Gasteiger partial charge in [0.25, 0.3) is 0 Å². The summed E-state index contributed by atoms with van der Waals surface area (Å²) >= 11 is 1.80. The number of rotatable bonds is 7. The molecule has 144 valence electrons. The first-order valence-electron chi connectivity index (χ1n) is 8.55. The number of benzene rings is 1. The molecule has 4 nitrogen and oxygen atoms in total. The fourth-order valence-corrected chi connectivity index (χ4v) is 3.37. The van der Waals surface area contributed by atoms with Crippen molar-refractivity contribution in [2.45, 2.75) is 25.7 Å². The van der Waals surface area contributed by atoms with Crippen LogP contribution in [0.3, 0.4) is 0 Å². The van der Waals surface area contributed by atoms with Gasteiger partial charge in [0.05, 0.1) is 7.11 Å². The Bertz CT molecular complexity index is 686. The molecule has 1 aromatic heterocycles. The zero-order valence-electron chi connectivity index (χ0n) is 16.3. The van der Waals surface area contributed by atoms with Crippen molar-refractivity contribution in [1.29, 1.82) is 0 Å². The molecule has 0 atom stereocenters. The van der Waals surface area contributed by atoms with Crippen LogP contribution in [0.25, 0.3) is 0 Å². The summed E-state index contributed by atoms with van der Waals surface area (Å²) < 4.78 is 5.35. The van der Waals surface area contributed by atoms with E-state index in [1.807, 2.05) is 19.2 Å². The molecule has 1 aromatic carbocycles. The lowest BCUT2D eigenvalue weighted by atomic mass is 9.84. The molecule has 0 fully saturated rings. The van der Waals surface area contributed by atoms with Crippen LogP contribution in [0.2, 0.25) is 0 Å². The van der Waals surface area contributed by atoms with Gasteiger partial charge in [0, 0.05) is 37.5 Å². The summed E-state index contributed by atoms with van der Waals surface area (Å²) in [6.45, 7) is 6.21. The lowest BCUT2D eigenvalue weighted by molar-refractivity contribution is 0.410. The highest BCUT2D eigenvalue weighted by atomic mass is 127. The third-order valence-electron chi connectivity index (χ3n) is 4.39. The Morgan fingerprint density at radius 1 is 1.27 bits per heavy atom. The molecular formula is C20H30IN3OS. The van der Waals surface area contributed by atoms with Crippen molar-refractivity contribution in [3.05, 3.63) is 52.2 Å². The summed E-state index contributed by atoms with van der Waals surface area (Å²) in [5.74, 6) is 1.82. The van der Waals surface area contributed by atoms with Crippen LogP contribution in [0.5, 0.6) is 5.75 Å². The van der Waals surface area contributed by atoms with Crippen LogP contribution in [-0.4, -0.2) is 45.2 Å². The molecule has 0 spiro atoms. The first kappa shape index (κ1) is 22.8. The number of likely N-dealkylation sites (N-methyl/N-ethyl adjacent to an activating group) is 1. The van der Waals surface area contributed by atoms with Gasteiger partial charge in [-0.25, -0.2) is 0 Å². The second-order valence-electron chi connectivity index (χ2n) is 6.77. The van der Waals surface area contributed by atoms with Crippen molar-refractivity contribution < 1.29 is 4.74 Å². The smallest absolute Gasteiger partial charge is 0.193 e. The van der Waals surface area contributed by atoms with Crippen molar-refractivity contribution in [1.82, 2.24) is 10.2 Å². The first-order valence-corrected chi connectivity index (χ1v) is 9.43. The van der Waals surface area contributed by atoms with Gasteiger partial charge in [-0.05, 0) is 35.6 Å². The van der Waals surface area contributed by atoms with Crippen LogP contribution in [0.15, 0.2) is 46.8 Å². The van der Waals surface area contributed by atoms with E-state index in [1.165, 1.54) is 10.4 Å². The fourth-order valence-electron chi connectivity index (χ4n) is 2.67. The van der Waals surface area contributed by atoms with Gasteiger partial charge in [-0.3, -0.25) is 4.99 Å². The molecule has 0 unspecified atom stereocenters. The average molecular weight is 487 g/mol. The van der Waals surface area contributed by atoms with E-state index in [4.69, 9.17) is 4.74 Å². The Hall–Kier alpha value is -1.28. The Kier molecular flexibility index (Phi) is 9.43. The van der Waals surface area contributed by atoms with E-state index in [2.05, 4.69) is 65.7 Å². The molecule has 2 rings (SSSR count). The van der Waals surface area contributed by atoms with Gasteiger partial charge < -0.3 is 15.0 Å². The number of guanidine groups is 1. The number of nitrogens with one attached hydrogen (secondary N) is 1. The second-order valence-corrected chi connectivity index (χ2v) is 7.80. The Labute approximate surface area is 178 Å². The fraction of sp³-hybridized carbons (Fsp3) is 0.450. The summed E-state index contributed by atoms with van der Waals surface area (Å²) in [6, 6.07) is 12.5. The maximum Gasteiger partial charge on any atom is 0.193 e. The van der Waals surface area contributed by atoms with Crippen molar-refractivity contribution in [2.24, 2.45) is 4.99 Å². The van der Waals surface area contributed by atoms with E-state index in [1.54, 1.807) is 18.4 Å². The van der Waals surface area contributed by atoms with E-state index in [9.17, 15) is 0 Å². The molecule has 0 radical (unpaired) electrons. The molecule has 26 heavy (non-hydrogen) atoms. The minimum Gasteiger partial charge on any atom is -0.497 e. The molecule has 1 heterocycles. The van der Waals surface area contributed by atoms with E-state index < -0.39 is 0 Å². The minimum atomic E-state index is -0.0287. The summed E-state index contributed by atoms with van der Waals surface area (Å²) in [5.41, 5.74) is 1.22. The molecule has 0 aliphatic heterocycles. The average Bonchev–Trinajstić information content (AvgIpc) is 3.14. The molecule has 1 N–H and O–H groups in total. The highest BCUT2D eigenvalue weighted by molar-refractivity contribution is 14.0.